The Balaban J connectivity index is 1.91. The van der Waals surface area contributed by atoms with Gasteiger partial charge in [0.05, 0.1) is 0 Å². The van der Waals surface area contributed by atoms with Crippen molar-refractivity contribution < 1.29 is 18.7 Å². The Hall–Kier alpha value is -2.43. The van der Waals surface area contributed by atoms with Crippen molar-refractivity contribution in [2.24, 2.45) is 0 Å². The highest BCUT2D eigenvalue weighted by molar-refractivity contribution is 5.76. The number of amides is 1. The first kappa shape index (κ1) is 15.9. The third-order valence-electron chi connectivity index (χ3n) is 3.44. The van der Waals surface area contributed by atoms with Crippen LogP contribution in [0.15, 0.2) is 42.5 Å². The van der Waals surface area contributed by atoms with E-state index in [0.29, 0.717) is 24.1 Å². The SMILES string of the molecule is CN(Cc1ccccc1O)C(=O)CCc1ccc(F)c(F)c1. The topological polar surface area (TPSA) is 40.5 Å². The highest BCUT2D eigenvalue weighted by Gasteiger charge is 2.12. The number of carbonyl (C=O) groups is 1. The molecule has 0 spiro atoms. The lowest BCUT2D eigenvalue weighted by Gasteiger charge is -2.18. The summed E-state index contributed by atoms with van der Waals surface area (Å²) in [6, 6.07) is 10.4. The first-order valence-corrected chi connectivity index (χ1v) is 6.92. The molecule has 0 fully saturated rings. The summed E-state index contributed by atoms with van der Waals surface area (Å²) in [7, 11) is 1.64. The maximum atomic E-state index is 13.1. The number of rotatable bonds is 5. The fraction of sp³-hybridized carbons (Fsp3) is 0.235. The van der Waals surface area contributed by atoms with Crippen molar-refractivity contribution in [1.82, 2.24) is 4.90 Å². The number of hydrogen-bond donors (Lipinski definition) is 1. The molecule has 3 nitrogen and oxygen atoms in total. The first-order chi connectivity index (χ1) is 10.5. The van der Waals surface area contributed by atoms with Crippen LogP contribution in [0.1, 0.15) is 17.5 Å². The molecular formula is C17H17F2NO2. The quantitative estimate of drug-likeness (QED) is 0.921. The van der Waals surface area contributed by atoms with Crippen LogP contribution in [0.25, 0.3) is 0 Å². The number of carbonyl (C=O) groups excluding carboxylic acids is 1. The van der Waals surface area contributed by atoms with E-state index in [1.54, 1.807) is 31.3 Å². The molecule has 0 unspecified atom stereocenters. The molecule has 0 saturated carbocycles. The Morgan fingerprint density at radius 2 is 1.86 bits per heavy atom. The van der Waals surface area contributed by atoms with Crippen molar-refractivity contribution in [3.05, 3.63) is 65.2 Å². The Morgan fingerprint density at radius 3 is 2.55 bits per heavy atom. The minimum absolute atomic E-state index is 0.131. The van der Waals surface area contributed by atoms with E-state index in [1.165, 1.54) is 11.0 Å². The van der Waals surface area contributed by atoms with Gasteiger partial charge in [-0.05, 0) is 30.2 Å². The molecule has 0 aliphatic carbocycles. The van der Waals surface area contributed by atoms with Gasteiger partial charge in [-0.25, -0.2) is 8.78 Å². The predicted octanol–water partition coefficient (Wildman–Crippen LogP) is 3.26. The number of aryl methyl sites for hydroxylation is 1. The molecule has 1 N–H and O–H groups in total. The van der Waals surface area contributed by atoms with Gasteiger partial charge in [-0.3, -0.25) is 4.79 Å². The Bertz CT molecular complexity index is 673. The van der Waals surface area contributed by atoms with Crippen molar-refractivity contribution in [2.45, 2.75) is 19.4 Å². The molecule has 0 bridgehead atoms. The number of benzene rings is 2. The number of phenols is 1. The van der Waals surface area contributed by atoms with Crippen molar-refractivity contribution in [2.75, 3.05) is 7.05 Å². The standard InChI is InChI=1S/C17H17F2NO2/c1-20(11-13-4-2-3-5-16(13)21)17(22)9-7-12-6-8-14(18)15(19)10-12/h2-6,8,10,21H,7,9,11H2,1H3. The molecule has 2 aromatic rings. The molecule has 2 aromatic carbocycles. The van der Waals surface area contributed by atoms with E-state index in [9.17, 15) is 18.7 Å². The molecule has 116 valence electrons. The summed E-state index contributed by atoms with van der Waals surface area (Å²) in [6.07, 6.45) is 0.524. The lowest BCUT2D eigenvalue weighted by atomic mass is 10.1. The van der Waals surface area contributed by atoms with E-state index in [4.69, 9.17) is 0 Å². The van der Waals surface area contributed by atoms with Crippen LogP contribution < -0.4 is 0 Å². The third-order valence-corrected chi connectivity index (χ3v) is 3.44. The molecule has 2 rings (SSSR count). The molecule has 22 heavy (non-hydrogen) atoms. The monoisotopic (exact) mass is 305 g/mol. The van der Waals surface area contributed by atoms with Crippen LogP contribution in [0.4, 0.5) is 8.78 Å². The molecule has 0 saturated heterocycles. The molecule has 1 amide bonds. The number of hydrogen-bond acceptors (Lipinski definition) is 2. The summed E-state index contributed by atoms with van der Waals surface area (Å²) in [6.45, 7) is 0.295. The number of halogens is 2. The molecule has 0 heterocycles. The second-order valence-corrected chi connectivity index (χ2v) is 5.13. The second-order valence-electron chi connectivity index (χ2n) is 5.13. The fourth-order valence-electron chi connectivity index (χ4n) is 2.13. The summed E-state index contributed by atoms with van der Waals surface area (Å²) in [4.78, 5) is 13.6. The summed E-state index contributed by atoms with van der Waals surface area (Å²) < 4.78 is 25.9. The average Bonchev–Trinajstić information content (AvgIpc) is 2.50. The molecule has 0 radical (unpaired) electrons. The smallest absolute Gasteiger partial charge is 0.222 e. The summed E-state index contributed by atoms with van der Waals surface area (Å²) in [5.74, 6) is -1.80. The maximum absolute atomic E-state index is 13.1. The fourth-order valence-corrected chi connectivity index (χ4v) is 2.13. The van der Waals surface area contributed by atoms with Crippen LogP contribution in [0.5, 0.6) is 5.75 Å². The molecule has 0 aromatic heterocycles. The van der Waals surface area contributed by atoms with Crippen molar-refractivity contribution in [3.63, 3.8) is 0 Å². The summed E-state index contributed by atoms with van der Waals surface area (Å²) >= 11 is 0. The number of aromatic hydroxyl groups is 1. The first-order valence-electron chi connectivity index (χ1n) is 6.92. The Labute approximate surface area is 127 Å². The van der Waals surface area contributed by atoms with Gasteiger partial charge in [-0.1, -0.05) is 24.3 Å². The number of phenolic OH excluding ortho intramolecular Hbond substituents is 1. The van der Waals surface area contributed by atoms with Gasteiger partial charge in [0.25, 0.3) is 0 Å². The zero-order chi connectivity index (χ0) is 16.1. The van der Waals surface area contributed by atoms with Gasteiger partial charge < -0.3 is 10.0 Å². The van der Waals surface area contributed by atoms with Gasteiger partial charge >= 0.3 is 0 Å². The van der Waals surface area contributed by atoms with E-state index < -0.39 is 11.6 Å². The second kappa shape index (κ2) is 7.02. The molecular weight excluding hydrogens is 288 g/mol. The highest BCUT2D eigenvalue weighted by Crippen LogP contribution is 2.18. The molecule has 0 atom stereocenters. The number of nitrogens with zero attached hydrogens (tertiary/aromatic N) is 1. The lowest BCUT2D eigenvalue weighted by Crippen LogP contribution is -2.26. The normalized spacial score (nSPS) is 10.5. The van der Waals surface area contributed by atoms with E-state index in [-0.39, 0.29) is 18.1 Å². The van der Waals surface area contributed by atoms with Gasteiger partial charge in [-0.15, -0.1) is 0 Å². The van der Waals surface area contributed by atoms with E-state index in [2.05, 4.69) is 0 Å². The molecule has 0 aliphatic heterocycles. The van der Waals surface area contributed by atoms with Crippen LogP contribution in [0.2, 0.25) is 0 Å². The zero-order valence-electron chi connectivity index (χ0n) is 12.2. The Kier molecular flexibility index (Phi) is 5.09. The van der Waals surface area contributed by atoms with Crippen molar-refractivity contribution in [3.8, 4) is 5.75 Å². The average molecular weight is 305 g/mol. The van der Waals surface area contributed by atoms with Crippen LogP contribution >= 0.6 is 0 Å². The third kappa shape index (κ3) is 4.04. The van der Waals surface area contributed by atoms with E-state index >= 15 is 0 Å². The van der Waals surface area contributed by atoms with Crippen LogP contribution in [-0.4, -0.2) is 23.0 Å². The van der Waals surface area contributed by atoms with E-state index in [1.807, 2.05) is 0 Å². The van der Waals surface area contributed by atoms with E-state index in [0.717, 1.165) is 12.1 Å². The van der Waals surface area contributed by atoms with Crippen LogP contribution in [-0.2, 0) is 17.8 Å². The van der Waals surface area contributed by atoms with Gasteiger partial charge in [0.1, 0.15) is 5.75 Å². The molecule has 5 heteroatoms. The van der Waals surface area contributed by atoms with Gasteiger partial charge in [0, 0.05) is 25.6 Å². The molecule has 0 aliphatic rings. The van der Waals surface area contributed by atoms with Crippen molar-refractivity contribution in [1.29, 1.82) is 0 Å². The van der Waals surface area contributed by atoms with Gasteiger partial charge in [0.15, 0.2) is 11.6 Å². The van der Waals surface area contributed by atoms with Crippen molar-refractivity contribution >= 4 is 5.91 Å². The lowest BCUT2D eigenvalue weighted by molar-refractivity contribution is -0.130. The Morgan fingerprint density at radius 1 is 1.14 bits per heavy atom. The minimum atomic E-state index is -0.910. The minimum Gasteiger partial charge on any atom is -0.508 e. The zero-order valence-corrected chi connectivity index (χ0v) is 12.2. The largest absolute Gasteiger partial charge is 0.508 e. The van der Waals surface area contributed by atoms with Gasteiger partial charge in [0.2, 0.25) is 5.91 Å². The summed E-state index contributed by atoms with van der Waals surface area (Å²) in [5.41, 5.74) is 1.23. The number of para-hydroxylation sites is 1. The summed E-state index contributed by atoms with van der Waals surface area (Å²) in [5, 5.41) is 9.69. The van der Waals surface area contributed by atoms with Crippen LogP contribution in [0, 0.1) is 11.6 Å². The maximum Gasteiger partial charge on any atom is 0.222 e. The van der Waals surface area contributed by atoms with Gasteiger partial charge in [-0.2, -0.15) is 0 Å². The highest BCUT2D eigenvalue weighted by atomic mass is 19.2. The predicted molar refractivity (Wildman–Crippen MR) is 79.3 cm³/mol. The van der Waals surface area contributed by atoms with Crippen LogP contribution in [0.3, 0.4) is 0 Å².